The van der Waals surface area contributed by atoms with Gasteiger partial charge in [0.2, 0.25) is 0 Å². The largest absolute Gasteiger partial charge is 0.405 e. The van der Waals surface area contributed by atoms with Crippen LogP contribution in [0.15, 0.2) is 255 Å². The van der Waals surface area contributed by atoms with Crippen LogP contribution in [0, 0.1) is 0 Å². The molecular weight excluding hydrogens is 1100 g/mol. The van der Waals surface area contributed by atoms with E-state index in [0.717, 1.165) is 43.8 Å². The third kappa shape index (κ3) is 16.6. The molecule has 2 aliphatic rings. The van der Waals surface area contributed by atoms with Crippen LogP contribution in [0.2, 0.25) is 5.04 Å². The van der Waals surface area contributed by atoms with Crippen molar-refractivity contribution < 1.29 is 47.1 Å². The van der Waals surface area contributed by atoms with Crippen LogP contribution < -0.4 is 10.4 Å². The Morgan fingerprint density at radius 3 is 1.18 bits per heavy atom. The van der Waals surface area contributed by atoms with Crippen LogP contribution in [0.4, 0.5) is 0 Å². The first kappa shape index (κ1) is 61.7. The van der Waals surface area contributed by atoms with Gasteiger partial charge in [-0.3, -0.25) is 0 Å². The standard InChI is InChI=1S/C73H80O10SSi/c1-5-46-75-71-68(79-51-59-38-22-10-23-39-59)67(78-50-58-36-20-9-21-37-58)70(64(82-71)53-74-47-55-30-14-6-15-31-55)84-72-69(80-52-60-40-24-11-25-41-60)66(77-49-57-34-18-8-19-35-57)65(76-48-56-32-16-7-17-33-56)63(83-72)54-81-85(73(2,3)4,61-42-26-12-27-43-61)62-44-28-13-29-45-62/h5-45,63-72H,1,46-54H2,2-4H3/t63-,64-,65-,66+,67-,68-,69-,70+,71+,72+/m1/s1. The summed E-state index contributed by atoms with van der Waals surface area (Å²) in [6.45, 7) is 13.2. The Hall–Kier alpha value is -6.33. The van der Waals surface area contributed by atoms with Gasteiger partial charge in [-0.2, -0.15) is 0 Å². The summed E-state index contributed by atoms with van der Waals surface area (Å²) in [5, 5.41) is 1.46. The molecule has 8 aromatic rings. The lowest BCUT2D eigenvalue weighted by Gasteiger charge is -2.51. The average Bonchev–Trinajstić information content (AvgIpc) is 3.52. The molecule has 10 rings (SSSR count). The number of rotatable bonds is 29. The third-order valence-electron chi connectivity index (χ3n) is 15.6. The zero-order valence-corrected chi connectivity index (χ0v) is 50.8. The summed E-state index contributed by atoms with van der Waals surface area (Å²) in [6.07, 6.45) is -4.01. The molecule has 85 heavy (non-hydrogen) atoms. The van der Waals surface area contributed by atoms with E-state index in [2.05, 4.69) is 161 Å². The maximum Gasteiger partial charge on any atom is 0.261 e. The minimum atomic E-state index is -3.17. The molecule has 442 valence electrons. The monoisotopic (exact) mass is 1180 g/mol. The predicted molar refractivity (Wildman–Crippen MR) is 340 cm³/mol. The second-order valence-electron chi connectivity index (χ2n) is 22.6. The number of benzene rings is 8. The minimum Gasteiger partial charge on any atom is -0.405 e. The minimum absolute atomic E-state index is 0.166. The van der Waals surface area contributed by atoms with E-state index < -0.39 is 68.0 Å². The van der Waals surface area contributed by atoms with E-state index in [1.807, 2.05) is 109 Å². The van der Waals surface area contributed by atoms with Crippen molar-refractivity contribution in [2.75, 3.05) is 19.8 Å². The number of ether oxygens (including phenoxy) is 9. The van der Waals surface area contributed by atoms with Gasteiger partial charge in [0.15, 0.2) is 6.29 Å². The second kappa shape index (κ2) is 31.4. The van der Waals surface area contributed by atoms with Crippen molar-refractivity contribution in [1.82, 2.24) is 0 Å². The highest BCUT2D eigenvalue weighted by Crippen LogP contribution is 2.44. The van der Waals surface area contributed by atoms with Gasteiger partial charge in [-0.05, 0) is 48.8 Å². The smallest absolute Gasteiger partial charge is 0.261 e. The fraction of sp³-hybridized carbons (Fsp3) is 0.315. The number of thioether (sulfide) groups is 1. The highest BCUT2D eigenvalue weighted by molar-refractivity contribution is 8.00. The van der Waals surface area contributed by atoms with Gasteiger partial charge in [0.1, 0.15) is 42.1 Å². The van der Waals surface area contributed by atoms with Crippen LogP contribution in [0.1, 0.15) is 54.2 Å². The lowest BCUT2D eigenvalue weighted by molar-refractivity contribution is -0.288. The molecule has 2 saturated heterocycles. The van der Waals surface area contributed by atoms with Crippen molar-refractivity contribution in [3.63, 3.8) is 0 Å². The Balaban J connectivity index is 1.11. The SMILES string of the molecule is C=CCO[C@H]1O[C@H](COCc2ccccc2)[C@H](S[C@@H]2O[C@H](CO[Si](c3ccccc3)(c3ccccc3)C(C)(C)C)[C@@H](OCc3ccccc3)[C@H](OCc3ccccc3)[C@H]2OCc2ccccc2)[C@H](OCc2ccccc2)[C@H]1OCc1ccccc1. The molecule has 0 aromatic heterocycles. The Labute approximate surface area is 508 Å². The van der Waals surface area contributed by atoms with Crippen molar-refractivity contribution in [1.29, 1.82) is 0 Å². The van der Waals surface area contributed by atoms with Crippen molar-refractivity contribution in [2.24, 2.45) is 0 Å². The summed E-state index contributed by atoms with van der Waals surface area (Å²) < 4.78 is 72.7. The first-order chi connectivity index (χ1) is 41.8. The molecule has 0 spiro atoms. The fourth-order valence-corrected chi connectivity index (χ4v) is 17.5. The van der Waals surface area contributed by atoms with Gasteiger partial charge in [0.05, 0.1) is 70.8 Å². The van der Waals surface area contributed by atoms with Gasteiger partial charge in [0.25, 0.3) is 8.32 Å². The van der Waals surface area contributed by atoms with Gasteiger partial charge >= 0.3 is 0 Å². The molecule has 0 N–H and O–H groups in total. The molecule has 0 radical (unpaired) electrons. The van der Waals surface area contributed by atoms with E-state index in [9.17, 15) is 0 Å². The molecule has 0 unspecified atom stereocenters. The molecule has 0 saturated carbocycles. The van der Waals surface area contributed by atoms with E-state index in [0.29, 0.717) is 6.61 Å². The van der Waals surface area contributed by atoms with Gasteiger partial charge in [0, 0.05) is 0 Å². The summed E-state index contributed by atoms with van der Waals surface area (Å²) >= 11 is 1.60. The number of hydrogen-bond acceptors (Lipinski definition) is 11. The molecule has 0 bridgehead atoms. The molecule has 10 nitrogen and oxygen atoms in total. The van der Waals surface area contributed by atoms with Crippen LogP contribution in [0.25, 0.3) is 0 Å². The van der Waals surface area contributed by atoms with Crippen molar-refractivity contribution in [3.8, 4) is 0 Å². The van der Waals surface area contributed by atoms with Gasteiger partial charge < -0.3 is 47.1 Å². The van der Waals surface area contributed by atoms with Crippen LogP contribution in [0.3, 0.4) is 0 Å². The highest BCUT2D eigenvalue weighted by Gasteiger charge is 2.56. The Kier molecular flexibility index (Phi) is 22.8. The summed E-state index contributed by atoms with van der Waals surface area (Å²) in [4.78, 5) is 0. The maximum absolute atomic E-state index is 7.88. The Morgan fingerprint density at radius 2 is 0.765 bits per heavy atom. The van der Waals surface area contributed by atoms with Crippen LogP contribution in [0.5, 0.6) is 0 Å². The summed E-state index contributed by atoms with van der Waals surface area (Å²) in [5.41, 5.74) is 5.32. The lowest BCUT2D eigenvalue weighted by Crippen LogP contribution is -2.68. The topological polar surface area (TPSA) is 92.3 Å². The molecule has 8 aromatic carbocycles. The van der Waals surface area contributed by atoms with Gasteiger partial charge in [-0.15, -0.1) is 18.3 Å². The van der Waals surface area contributed by atoms with Gasteiger partial charge in [-0.25, -0.2) is 0 Å². The quantitative estimate of drug-likeness (QED) is 0.0331. The molecule has 0 amide bonds. The first-order valence-corrected chi connectivity index (χ1v) is 32.4. The van der Waals surface area contributed by atoms with Crippen molar-refractivity contribution in [2.45, 2.75) is 125 Å². The van der Waals surface area contributed by atoms with Crippen LogP contribution in [-0.2, 0) is 86.7 Å². The molecule has 12 heteroatoms. The maximum atomic E-state index is 7.88. The molecule has 2 aliphatic heterocycles. The summed E-state index contributed by atoms with van der Waals surface area (Å²) in [5.74, 6) is 0. The predicted octanol–water partition coefficient (Wildman–Crippen LogP) is 13.5. The second-order valence-corrected chi connectivity index (χ2v) is 28.2. The third-order valence-corrected chi connectivity index (χ3v) is 22.1. The van der Waals surface area contributed by atoms with E-state index in [1.54, 1.807) is 17.8 Å². The van der Waals surface area contributed by atoms with E-state index in [4.69, 9.17) is 47.1 Å². The zero-order chi connectivity index (χ0) is 58.5. The Bertz CT molecular complexity index is 3110. The molecule has 2 fully saturated rings. The summed E-state index contributed by atoms with van der Waals surface area (Å²) in [7, 11) is -3.17. The van der Waals surface area contributed by atoms with E-state index in [1.165, 1.54) is 0 Å². The molecular formula is C73H80O10SSi. The summed E-state index contributed by atoms with van der Waals surface area (Å²) in [6, 6.07) is 82.7. The van der Waals surface area contributed by atoms with E-state index >= 15 is 0 Å². The van der Waals surface area contributed by atoms with Crippen LogP contribution in [-0.4, -0.2) is 87.8 Å². The van der Waals surface area contributed by atoms with Crippen LogP contribution >= 0.6 is 11.8 Å². The Morgan fingerprint density at radius 1 is 0.400 bits per heavy atom. The van der Waals surface area contributed by atoms with Crippen molar-refractivity contribution in [3.05, 3.63) is 289 Å². The highest BCUT2D eigenvalue weighted by atomic mass is 32.2. The normalized spacial score (nSPS) is 22.6. The first-order valence-electron chi connectivity index (χ1n) is 29.6. The zero-order valence-electron chi connectivity index (χ0n) is 49.0. The molecule has 2 heterocycles. The van der Waals surface area contributed by atoms with E-state index in [-0.39, 0.29) is 57.9 Å². The lowest BCUT2D eigenvalue weighted by atomic mass is 9.98. The van der Waals surface area contributed by atoms with Crippen molar-refractivity contribution >= 4 is 30.5 Å². The molecule has 10 atom stereocenters. The average molecular weight is 1180 g/mol. The molecule has 0 aliphatic carbocycles. The fourth-order valence-electron chi connectivity index (χ4n) is 11.4. The van der Waals surface area contributed by atoms with Gasteiger partial charge in [-0.1, -0.05) is 270 Å². The number of hydrogen-bond donors (Lipinski definition) is 0.